The molecule has 1 aromatic carbocycles. The Hall–Kier alpha value is -2.33. The first-order valence-electron chi connectivity index (χ1n) is 7.85. The highest BCUT2D eigenvalue weighted by Crippen LogP contribution is 2.15. The van der Waals surface area contributed by atoms with Crippen LogP contribution in [0.4, 0.5) is 13.2 Å². The van der Waals surface area contributed by atoms with Crippen molar-refractivity contribution in [2.24, 2.45) is 0 Å². The van der Waals surface area contributed by atoms with E-state index >= 15 is 0 Å². The van der Waals surface area contributed by atoms with Gasteiger partial charge in [0.1, 0.15) is 5.60 Å². The van der Waals surface area contributed by atoms with Gasteiger partial charge >= 0.3 is 12.1 Å². The van der Waals surface area contributed by atoms with Gasteiger partial charge in [-0.2, -0.15) is 13.2 Å². The van der Waals surface area contributed by atoms with E-state index < -0.39 is 23.6 Å². The lowest BCUT2D eigenvalue weighted by atomic mass is 9.97. The van der Waals surface area contributed by atoms with E-state index in [1.54, 1.807) is 24.3 Å². The molecule has 0 bridgehead atoms. The first kappa shape index (κ1) is 20.7. The van der Waals surface area contributed by atoms with E-state index in [1.807, 2.05) is 13.8 Å². The highest BCUT2D eigenvalue weighted by atomic mass is 19.4. The molecule has 0 atom stereocenters. The van der Waals surface area contributed by atoms with Crippen LogP contribution >= 0.6 is 0 Å². The summed E-state index contributed by atoms with van der Waals surface area (Å²) in [4.78, 5) is 22.1. The molecule has 0 fully saturated rings. The van der Waals surface area contributed by atoms with E-state index in [9.17, 15) is 27.9 Å². The molecular weight excluding hydrogens is 335 g/mol. The normalized spacial score (nSPS) is 11.4. The van der Waals surface area contributed by atoms with Crippen LogP contribution in [-0.2, 0) is 16.0 Å². The molecule has 0 radical (unpaired) electrons. The molecule has 1 aromatic rings. The zero-order chi connectivity index (χ0) is 19.1. The van der Waals surface area contributed by atoms with Crippen molar-refractivity contribution in [1.29, 1.82) is 0 Å². The van der Waals surface area contributed by atoms with Crippen LogP contribution in [0.3, 0.4) is 0 Å². The molecule has 2 amide bonds. The van der Waals surface area contributed by atoms with Gasteiger partial charge in [-0.15, -0.1) is 0 Å². The number of hydrogen-bond donors (Lipinski definition) is 2. The van der Waals surface area contributed by atoms with Crippen molar-refractivity contribution in [3.05, 3.63) is 35.4 Å². The van der Waals surface area contributed by atoms with Gasteiger partial charge < -0.3 is 5.11 Å². The van der Waals surface area contributed by atoms with Crippen LogP contribution in [0, 0.1) is 11.8 Å². The molecule has 25 heavy (non-hydrogen) atoms. The monoisotopic (exact) mass is 355 g/mol. The lowest BCUT2D eigenvalue weighted by Gasteiger charge is -2.17. The first-order valence-corrected chi connectivity index (χ1v) is 7.85. The molecule has 136 valence electrons. The average Bonchev–Trinajstić information content (AvgIpc) is 2.57. The maximum atomic E-state index is 12.1. The van der Waals surface area contributed by atoms with E-state index in [-0.39, 0.29) is 12.8 Å². The highest BCUT2D eigenvalue weighted by Gasteiger charge is 2.39. The number of rotatable bonds is 5. The minimum Gasteiger partial charge on any atom is -0.378 e. The minimum atomic E-state index is -5.08. The van der Waals surface area contributed by atoms with E-state index in [1.165, 1.54) is 5.32 Å². The Balaban J connectivity index is 2.69. The Labute approximate surface area is 144 Å². The Kier molecular flexibility index (Phi) is 7.19. The zero-order valence-electron chi connectivity index (χ0n) is 14.0. The van der Waals surface area contributed by atoms with Gasteiger partial charge in [0.15, 0.2) is 0 Å². The van der Waals surface area contributed by atoms with Gasteiger partial charge in [0.25, 0.3) is 0 Å². The third kappa shape index (κ3) is 6.98. The lowest BCUT2D eigenvalue weighted by molar-refractivity contribution is -0.174. The van der Waals surface area contributed by atoms with Gasteiger partial charge in [0.05, 0.1) is 0 Å². The van der Waals surface area contributed by atoms with Crippen molar-refractivity contribution in [2.45, 2.75) is 51.3 Å². The summed E-state index contributed by atoms with van der Waals surface area (Å²) in [6, 6.07) is 6.83. The summed E-state index contributed by atoms with van der Waals surface area (Å²) >= 11 is 0. The van der Waals surface area contributed by atoms with Crippen molar-refractivity contribution in [3.8, 4) is 11.8 Å². The fourth-order valence-corrected chi connectivity index (χ4v) is 1.94. The number of aliphatic hydroxyl groups is 1. The summed E-state index contributed by atoms with van der Waals surface area (Å²) in [6.07, 6.45) is -4.20. The fraction of sp³-hybridized carbons (Fsp3) is 0.444. The second-order valence-corrected chi connectivity index (χ2v) is 5.56. The Bertz CT molecular complexity index is 683. The second kappa shape index (κ2) is 8.67. The molecule has 1 rings (SSSR count). The van der Waals surface area contributed by atoms with Crippen molar-refractivity contribution >= 4 is 11.8 Å². The quantitative estimate of drug-likeness (QED) is 0.798. The molecule has 2 N–H and O–H groups in total. The molecule has 0 saturated heterocycles. The number of nitrogens with one attached hydrogen (secondary N) is 1. The zero-order valence-corrected chi connectivity index (χ0v) is 14.0. The van der Waals surface area contributed by atoms with Crippen LogP contribution in [0.15, 0.2) is 24.3 Å². The lowest BCUT2D eigenvalue weighted by Crippen LogP contribution is -2.40. The molecular formula is C18H20F3NO3. The van der Waals surface area contributed by atoms with Crippen molar-refractivity contribution in [1.82, 2.24) is 5.32 Å². The number of amides is 2. The van der Waals surface area contributed by atoms with E-state index in [0.717, 1.165) is 0 Å². The molecule has 4 nitrogen and oxygen atoms in total. The molecule has 0 unspecified atom stereocenters. The summed E-state index contributed by atoms with van der Waals surface area (Å²) < 4.78 is 36.2. The Morgan fingerprint density at radius 3 is 2.40 bits per heavy atom. The fourth-order valence-electron chi connectivity index (χ4n) is 1.94. The third-order valence-corrected chi connectivity index (χ3v) is 3.69. The number of imide groups is 1. The number of hydrogen-bond acceptors (Lipinski definition) is 3. The molecule has 0 aliphatic rings. The second-order valence-electron chi connectivity index (χ2n) is 5.56. The van der Waals surface area contributed by atoms with Crippen molar-refractivity contribution in [3.63, 3.8) is 0 Å². The minimum absolute atomic E-state index is 0.165. The van der Waals surface area contributed by atoms with E-state index in [4.69, 9.17) is 0 Å². The van der Waals surface area contributed by atoms with Gasteiger partial charge in [0.2, 0.25) is 5.91 Å². The molecule has 0 heterocycles. The van der Waals surface area contributed by atoms with Gasteiger partial charge in [0, 0.05) is 12.0 Å². The number of benzene rings is 1. The molecule has 0 aliphatic heterocycles. The largest absolute Gasteiger partial charge is 0.471 e. The summed E-state index contributed by atoms with van der Waals surface area (Å²) in [7, 11) is 0. The van der Waals surface area contributed by atoms with Crippen LogP contribution < -0.4 is 5.32 Å². The van der Waals surface area contributed by atoms with E-state index in [2.05, 4.69) is 11.8 Å². The van der Waals surface area contributed by atoms with Crippen molar-refractivity contribution < 1.29 is 27.9 Å². The number of alkyl halides is 3. The smallest absolute Gasteiger partial charge is 0.378 e. The molecule has 0 aliphatic carbocycles. The first-order chi connectivity index (χ1) is 11.6. The van der Waals surface area contributed by atoms with Crippen LogP contribution in [0.2, 0.25) is 0 Å². The number of carbonyl (C=O) groups excluding carboxylic acids is 2. The summed E-state index contributed by atoms with van der Waals surface area (Å²) in [5, 5.41) is 11.4. The molecule has 0 spiro atoms. The average molecular weight is 355 g/mol. The number of halogens is 3. The SMILES string of the molecule is CCC(O)(C#Cc1cccc(CCC(=O)NC(=O)C(F)(F)F)c1)CC. The molecule has 7 heteroatoms. The standard InChI is InChI=1S/C18H20F3NO3/c1-3-17(25,4-2)11-10-14-7-5-6-13(12-14)8-9-15(23)22-16(24)18(19,20)21/h5-7,12,25H,3-4,8-9H2,1-2H3,(H,22,23,24). The Morgan fingerprint density at radius 2 is 1.84 bits per heavy atom. The topological polar surface area (TPSA) is 66.4 Å². The van der Waals surface area contributed by atoms with Crippen LogP contribution in [-0.4, -0.2) is 28.7 Å². The van der Waals surface area contributed by atoms with Gasteiger partial charge in [-0.25, -0.2) is 0 Å². The number of aryl methyl sites for hydroxylation is 1. The number of carbonyl (C=O) groups is 2. The third-order valence-electron chi connectivity index (χ3n) is 3.69. The predicted molar refractivity (Wildman–Crippen MR) is 86.4 cm³/mol. The van der Waals surface area contributed by atoms with Crippen molar-refractivity contribution in [2.75, 3.05) is 0 Å². The summed E-state index contributed by atoms with van der Waals surface area (Å²) in [5.74, 6) is 2.40. The molecule has 0 aromatic heterocycles. The predicted octanol–water partition coefficient (Wildman–Crippen LogP) is 2.73. The summed E-state index contributed by atoms with van der Waals surface area (Å²) in [5.41, 5.74) is 0.260. The van der Waals surface area contributed by atoms with Gasteiger partial charge in [-0.1, -0.05) is 37.8 Å². The van der Waals surface area contributed by atoms with E-state index in [0.29, 0.717) is 24.0 Å². The summed E-state index contributed by atoms with van der Waals surface area (Å²) in [6.45, 7) is 3.66. The maximum Gasteiger partial charge on any atom is 0.471 e. The highest BCUT2D eigenvalue weighted by molar-refractivity contribution is 5.97. The Morgan fingerprint density at radius 1 is 1.20 bits per heavy atom. The van der Waals surface area contributed by atoms with Gasteiger partial charge in [-0.05, 0) is 37.0 Å². The van der Waals surface area contributed by atoms with Crippen LogP contribution in [0.5, 0.6) is 0 Å². The van der Waals surface area contributed by atoms with Crippen LogP contribution in [0.1, 0.15) is 44.2 Å². The molecule has 0 saturated carbocycles. The van der Waals surface area contributed by atoms with Gasteiger partial charge in [-0.3, -0.25) is 14.9 Å². The maximum absolute atomic E-state index is 12.1. The van der Waals surface area contributed by atoms with Crippen LogP contribution in [0.25, 0.3) is 0 Å².